The molecule has 0 spiro atoms. The molecule has 1 aliphatic rings. The van der Waals surface area contributed by atoms with Crippen LogP contribution in [0.2, 0.25) is 0 Å². The molecule has 0 bridgehead atoms. The third-order valence-corrected chi connectivity index (χ3v) is 3.59. The average molecular weight is 335 g/mol. The minimum absolute atomic E-state index is 0.0926. The summed E-state index contributed by atoms with van der Waals surface area (Å²) in [5, 5.41) is 0. The maximum Gasteiger partial charge on any atom is 0.268 e. The Bertz CT molecular complexity index is 761. The van der Waals surface area contributed by atoms with Crippen molar-refractivity contribution in [2.45, 2.75) is 0 Å². The minimum atomic E-state index is -0.652. The van der Waals surface area contributed by atoms with E-state index in [4.69, 9.17) is 5.73 Å². The van der Waals surface area contributed by atoms with Crippen molar-refractivity contribution < 1.29 is 14.0 Å². The Balaban J connectivity index is 2.19. The first-order chi connectivity index (χ1) is 9.50. The van der Waals surface area contributed by atoms with E-state index < -0.39 is 17.6 Å². The summed E-state index contributed by atoms with van der Waals surface area (Å²) in [6, 6.07) is 8.68. The predicted octanol–water partition coefficient (Wildman–Crippen LogP) is 2.97. The normalized spacial score (nSPS) is 13.8. The molecule has 0 radical (unpaired) electrons. The summed E-state index contributed by atoms with van der Waals surface area (Å²) in [5.41, 5.74) is 6.16. The number of hydrogen-bond donors (Lipinski definition) is 1. The van der Waals surface area contributed by atoms with E-state index in [-0.39, 0.29) is 22.5 Å². The number of carbonyl (C=O) groups is 2. The van der Waals surface area contributed by atoms with E-state index in [0.717, 1.165) is 4.90 Å². The van der Waals surface area contributed by atoms with Gasteiger partial charge in [0.2, 0.25) is 0 Å². The summed E-state index contributed by atoms with van der Waals surface area (Å²) in [6.45, 7) is 0. The molecule has 3 rings (SSSR count). The van der Waals surface area contributed by atoms with Gasteiger partial charge in [0.1, 0.15) is 5.82 Å². The van der Waals surface area contributed by atoms with Crippen LogP contribution in [-0.2, 0) is 0 Å². The highest BCUT2D eigenvalue weighted by atomic mass is 79.9. The SMILES string of the molecule is Nc1cccc2c1C(=O)N(c1cc(Br)ccc1F)C2=O. The number of amides is 2. The van der Waals surface area contributed by atoms with Crippen LogP contribution in [-0.4, -0.2) is 11.8 Å². The molecule has 0 unspecified atom stereocenters. The summed E-state index contributed by atoms with van der Waals surface area (Å²) < 4.78 is 14.5. The topological polar surface area (TPSA) is 63.4 Å². The Morgan fingerprint density at radius 2 is 1.85 bits per heavy atom. The molecular formula is C14H8BrFN2O2. The molecule has 2 aromatic carbocycles. The second-order valence-corrected chi connectivity index (χ2v) is 5.23. The summed E-state index contributed by atoms with van der Waals surface area (Å²) in [5.74, 6) is -1.84. The Hall–Kier alpha value is -2.21. The molecule has 0 fully saturated rings. The van der Waals surface area contributed by atoms with Crippen LogP contribution in [0.4, 0.5) is 15.8 Å². The van der Waals surface area contributed by atoms with Crippen molar-refractivity contribution in [2.75, 3.05) is 10.6 Å². The summed E-state index contributed by atoms with van der Waals surface area (Å²) in [7, 11) is 0. The number of hydrogen-bond acceptors (Lipinski definition) is 3. The number of nitrogens with zero attached hydrogens (tertiary/aromatic N) is 1. The maximum atomic E-state index is 13.9. The lowest BCUT2D eigenvalue weighted by Crippen LogP contribution is -2.30. The Morgan fingerprint density at radius 3 is 2.55 bits per heavy atom. The molecule has 0 aromatic heterocycles. The third-order valence-electron chi connectivity index (χ3n) is 3.10. The van der Waals surface area contributed by atoms with E-state index in [1.807, 2.05) is 0 Å². The van der Waals surface area contributed by atoms with Gasteiger partial charge in [-0.15, -0.1) is 0 Å². The van der Waals surface area contributed by atoms with Crippen molar-refractivity contribution in [1.29, 1.82) is 0 Å². The molecule has 2 aromatic rings. The van der Waals surface area contributed by atoms with E-state index in [0.29, 0.717) is 4.47 Å². The van der Waals surface area contributed by atoms with Gasteiger partial charge in [-0.3, -0.25) is 9.59 Å². The number of rotatable bonds is 1. The Kier molecular flexibility index (Phi) is 2.83. The quantitative estimate of drug-likeness (QED) is 0.644. The van der Waals surface area contributed by atoms with Gasteiger partial charge in [0.15, 0.2) is 0 Å². The van der Waals surface area contributed by atoms with Crippen LogP contribution in [0, 0.1) is 5.82 Å². The first kappa shape index (κ1) is 12.8. The first-order valence-electron chi connectivity index (χ1n) is 5.73. The van der Waals surface area contributed by atoms with E-state index in [9.17, 15) is 14.0 Å². The van der Waals surface area contributed by atoms with Crippen molar-refractivity contribution in [1.82, 2.24) is 0 Å². The number of fused-ring (bicyclic) bond motifs is 1. The highest BCUT2D eigenvalue weighted by Gasteiger charge is 2.39. The van der Waals surface area contributed by atoms with Gasteiger partial charge < -0.3 is 5.73 Å². The standard InChI is InChI=1S/C14H8BrFN2O2/c15-7-4-5-9(16)11(6-7)18-13(19)8-2-1-3-10(17)12(8)14(18)20/h1-6H,17H2. The highest BCUT2D eigenvalue weighted by molar-refractivity contribution is 9.10. The molecule has 20 heavy (non-hydrogen) atoms. The lowest BCUT2D eigenvalue weighted by molar-refractivity contribution is 0.0925. The van der Waals surface area contributed by atoms with Gasteiger partial charge in [-0.1, -0.05) is 22.0 Å². The zero-order valence-corrected chi connectivity index (χ0v) is 11.6. The van der Waals surface area contributed by atoms with Crippen LogP contribution in [0.15, 0.2) is 40.9 Å². The summed E-state index contributed by atoms with van der Waals surface area (Å²) >= 11 is 3.19. The third kappa shape index (κ3) is 1.72. The molecule has 100 valence electrons. The smallest absolute Gasteiger partial charge is 0.268 e. The molecule has 4 nitrogen and oxygen atoms in total. The highest BCUT2D eigenvalue weighted by Crippen LogP contribution is 2.34. The molecule has 2 N–H and O–H groups in total. The van der Waals surface area contributed by atoms with Gasteiger partial charge in [0.05, 0.1) is 16.8 Å². The second kappa shape index (κ2) is 4.42. The van der Waals surface area contributed by atoms with Crippen LogP contribution in [0.3, 0.4) is 0 Å². The predicted molar refractivity (Wildman–Crippen MR) is 76.1 cm³/mol. The fourth-order valence-corrected chi connectivity index (χ4v) is 2.54. The maximum absolute atomic E-state index is 13.9. The van der Waals surface area contributed by atoms with Crippen LogP contribution < -0.4 is 10.6 Å². The fraction of sp³-hybridized carbons (Fsp3) is 0. The molecule has 0 aliphatic carbocycles. The van der Waals surface area contributed by atoms with Crippen molar-refractivity contribution in [2.24, 2.45) is 0 Å². The molecular weight excluding hydrogens is 327 g/mol. The number of benzene rings is 2. The van der Waals surface area contributed by atoms with Crippen LogP contribution in [0.25, 0.3) is 0 Å². The largest absolute Gasteiger partial charge is 0.398 e. The fourth-order valence-electron chi connectivity index (χ4n) is 2.19. The van der Waals surface area contributed by atoms with Gasteiger partial charge in [0.25, 0.3) is 11.8 Å². The van der Waals surface area contributed by atoms with E-state index in [1.165, 1.54) is 30.3 Å². The average Bonchev–Trinajstić information content (AvgIpc) is 2.66. The number of nitrogen functional groups attached to an aromatic ring is 1. The van der Waals surface area contributed by atoms with Crippen molar-refractivity contribution >= 4 is 39.1 Å². The van der Waals surface area contributed by atoms with Gasteiger partial charge in [0, 0.05) is 10.2 Å². The molecule has 1 aliphatic heterocycles. The van der Waals surface area contributed by atoms with Crippen LogP contribution in [0.5, 0.6) is 0 Å². The Morgan fingerprint density at radius 1 is 1.10 bits per heavy atom. The van der Waals surface area contributed by atoms with Gasteiger partial charge >= 0.3 is 0 Å². The molecule has 0 saturated heterocycles. The van der Waals surface area contributed by atoms with Gasteiger partial charge in [-0.05, 0) is 30.3 Å². The lowest BCUT2D eigenvalue weighted by Gasteiger charge is -2.15. The number of imide groups is 1. The molecule has 2 amide bonds. The van der Waals surface area contributed by atoms with Gasteiger partial charge in [-0.25, -0.2) is 9.29 Å². The summed E-state index contributed by atoms with van der Waals surface area (Å²) in [6.07, 6.45) is 0. The number of halogens is 2. The lowest BCUT2D eigenvalue weighted by atomic mass is 10.1. The van der Waals surface area contributed by atoms with Crippen molar-refractivity contribution in [3.8, 4) is 0 Å². The van der Waals surface area contributed by atoms with Gasteiger partial charge in [-0.2, -0.15) is 0 Å². The molecule has 0 saturated carbocycles. The monoisotopic (exact) mass is 334 g/mol. The van der Waals surface area contributed by atoms with E-state index in [1.54, 1.807) is 6.07 Å². The van der Waals surface area contributed by atoms with E-state index in [2.05, 4.69) is 15.9 Å². The zero-order valence-electron chi connectivity index (χ0n) is 10.1. The zero-order chi connectivity index (χ0) is 14.4. The molecule has 6 heteroatoms. The second-order valence-electron chi connectivity index (χ2n) is 4.31. The van der Waals surface area contributed by atoms with Crippen molar-refractivity contribution in [3.05, 3.63) is 57.8 Å². The number of anilines is 2. The first-order valence-corrected chi connectivity index (χ1v) is 6.52. The van der Waals surface area contributed by atoms with Crippen LogP contribution >= 0.6 is 15.9 Å². The number of carbonyl (C=O) groups excluding carboxylic acids is 2. The minimum Gasteiger partial charge on any atom is -0.398 e. The Labute approximate surface area is 122 Å². The molecule has 1 heterocycles. The molecule has 0 atom stereocenters. The van der Waals surface area contributed by atoms with Crippen LogP contribution in [0.1, 0.15) is 20.7 Å². The number of nitrogens with two attached hydrogens (primary N) is 1. The van der Waals surface area contributed by atoms with E-state index >= 15 is 0 Å². The summed E-state index contributed by atoms with van der Waals surface area (Å²) in [4.78, 5) is 25.4. The van der Waals surface area contributed by atoms with Crippen molar-refractivity contribution in [3.63, 3.8) is 0 Å².